The third-order valence-corrected chi connectivity index (χ3v) is 7.33. The maximum Gasteiger partial charge on any atom is 0.285 e. The number of hydrogen-bond donors (Lipinski definition) is 0. The van der Waals surface area contributed by atoms with Gasteiger partial charge in [-0.3, -0.25) is 0 Å². The first-order valence-electron chi connectivity index (χ1n) is 12.1. The van der Waals surface area contributed by atoms with Crippen LogP contribution in [0.15, 0.2) is 35.2 Å². The van der Waals surface area contributed by atoms with Gasteiger partial charge in [0.05, 0.1) is 10.6 Å². The molecule has 1 aromatic carbocycles. The molecule has 1 atom stereocenters. The van der Waals surface area contributed by atoms with Crippen molar-refractivity contribution >= 4 is 9.84 Å². The molecule has 180 valence electrons. The van der Waals surface area contributed by atoms with Crippen LogP contribution in [0.1, 0.15) is 85.5 Å². The standard InChI is InChI=1S/C25H44O5S/c1-5-9-10-11-12-14-18-23(25(28-6-2,29-7-3)30-8-4)19-17-22-31(26,27)24-20-15-13-16-21-24/h13,15-16,20-21,23H,5-12,14,17-19,22H2,1-4H3. The Morgan fingerprint density at radius 3 is 1.81 bits per heavy atom. The van der Waals surface area contributed by atoms with Crippen molar-refractivity contribution in [1.82, 2.24) is 0 Å². The lowest BCUT2D eigenvalue weighted by molar-refractivity contribution is -0.403. The number of rotatable bonds is 19. The summed E-state index contributed by atoms with van der Waals surface area (Å²) < 4.78 is 43.5. The van der Waals surface area contributed by atoms with Crippen LogP contribution in [0.25, 0.3) is 0 Å². The molecule has 0 aliphatic heterocycles. The van der Waals surface area contributed by atoms with Crippen LogP contribution in [0, 0.1) is 5.92 Å². The molecule has 6 heteroatoms. The molecule has 0 spiro atoms. The van der Waals surface area contributed by atoms with Gasteiger partial charge >= 0.3 is 0 Å². The molecule has 1 unspecified atom stereocenters. The van der Waals surface area contributed by atoms with Crippen molar-refractivity contribution in [3.05, 3.63) is 30.3 Å². The lowest BCUT2D eigenvalue weighted by Crippen LogP contribution is -2.47. The highest BCUT2D eigenvalue weighted by Crippen LogP contribution is 2.34. The average molecular weight is 457 g/mol. The first kappa shape index (κ1) is 28.1. The molecule has 0 aromatic heterocycles. The summed E-state index contributed by atoms with van der Waals surface area (Å²) in [5, 5.41) is 0. The van der Waals surface area contributed by atoms with Gasteiger partial charge in [0.1, 0.15) is 0 Å². The van der Waals surface area contributed by atoms with Gasteiger partial charge in [0.15, 0.2) is 9.84 Å². The van der Waals surface area contributed by atoms with E-state index in [4.69, 9.17) is 14.2 Å². The molecule has 1 rings (SSSR count). The molecule has 1 aromatic rings. The van der Waals surface area contributed by atoms with Crippen LogP contribution >= 0.6 is 0 Å². The molecule has 5 nitrogen and oxygen atoms in total. The van der Waals surface area contributed by atoms with Crippen LogP contribution < -0.4 is 0 Å². The summed E-state index contributed by atoms with van der Waals surface area (Å²) >= 11 is 0. The summed E-state index contributed by atoms with van der Waals surface area (Å²) in [6.07, 6.45) is 9.37. The van der Waals surface area contributed by atoms with Gasteiger partial charge in [-0.1, -0.05) is 63.6 Å². The van der Waals surface area contributed by atoms with Gasteiger partial charge in [0, 0.05) is 25.7 Å². The number of sulfone groups is 1. The van der Waals surface area contributed by atoms with Crippen LogP contribution in [0.2, 0.25) is 0 Å². The first-order valence-corrected chi connectivity index (χ1v) is 13.8. The summed E-state index contributed by atoms with van der Waals surface area (Å²) in [6, 6.07) is 8.68. The molecule has 0 heterocycles. The predicted octanol–water partition coefficient (Wildman–Crippen LogP) is 6.37. The fourth-order valence-electron chi connectivity index (χ4n) is 4.02. The maximum atomic E-state index is 12.7. The topological polar surface area (TPSA) is 61.8 Å². The van der Waals surface area contributed by atoms with E-state index in [2.05, 4.69) is 6.92 Å². The third kappa shape index (κ3) is 10.0. The second-order valence-electron chi connectivity index (χ2n) is 7.93. The van der Waals surface area contributed by atoms with Gasteiger partial charge in [0.25, 0.3) is 5.97 Å². The van der Waals surface area contributed by atoms with E-state index in [1.807, 2.05) is 26.8 Å². The number of unbranched alkanes of at least 4 members (excludes halogenated alkanes) is 5. The van der Waals surface area contributed by atoms with E-state index in [9.17, 15) is 8.42 Å². The molecule has 0 amide bonds. The van der Waals surface area contributed by atoms with Crippen LogP contribution in [-0.2, 0) is 24.0 Å². The van der Waals surface area contributed by atoms with Crippen molar-refractivity contribution in [3.8, 4) is 0 Å². The second kappa shape index (κ2) is 15.8. The van der Waals surface area contributed by atoms with Gasteiger partial charge in [0.2, 0.25) is 0 Å². The van der Waals surface area contributed by atoms with Crippen molar-refractivity contribution in [2.75, 3.05) is 25.6 Å². The third-order valence-electron chi connectivity index (χ3n) is 5.51. The van der Waals surface area contributed by atoms with Crippen molar-refractivity contribution < 1.29 is 22.6 Å². The number of hydrogen-bond acceptors (Lipinski definition) is 5. The summed E-state index contributed by atoms with van der Waals surface area (Å²) in [6.45, 7) is 9.48. The van der Waals surface area contributed by atoms with E-state index in [0.717, 1.165) is 12.8 Å². The molecule has 0 aliphatic carbocycles. The zero-order chi connectivity index (χ0) is 23.0. The molecule has 0 fully saturated rings. The van der Waals surface area contributed by atoms with Gasteiger partial charge in [-0.2, -0.15) is 0 Å². The summed E-state index contributed by atoms with van der Waals surface area (Å²) in [4.78, 5) is 0.383. The van der Waals surface area contributed by atoms with Gasteiger partial charge in [-0.05, 0) is 52.2 Å². The van der Waals surface area contributed by atoms with Crippen molar-refractivity contribution in [1.29, 1.82) is 0 Å². The maximum absolute atomic E-state index is 12.7. The number of ether oxygens (including phenoxy) is 3. The summed E-state index contributed by atoms with van der Waals surface area (Å²) in [5.74, 6) is -0.993. The van der Waals surface area contributed by atoms with E-state index in [1.165, 1.54) is 32.1 Å². The van der Waals surface area contributed by atoms with E-state index >= 15 is 0 Å². The van der Waals surface area contributed by atoms with Gasteiger partial charge in [-0.25, -0.2) is 8.42 Å². The molecule has 0 saturated heterocycles. The molecule has 31 heavy (non-hydrogen) atoms. The van der Waals surface area contributed by atoms with Crippen molar-refractivity contribution in [3.63, 3.8) is 0 Å². The van der Waals surface area contributed by atoms with Crippen LogP contribution in [0.3, 0.4) is 0 Å². The zero-order valence-electron chi connectivity index (χ0n) is 20.1. The Labute approximate surface area is 190 Å². The zero-order valence-corrected chi connectivity index (χ0v) is 20.9. The Balaban J connectivity index is 2.84. The van der Waals surface area contributed by atoms with Crippen LogP contribution in [0.5, 0.6) is 0 Å². The molecular formula is C25H44O5S. The van der Waals surface area contributed by atoms with Gasteiger partial charge in [-0.15, -0.1) is 0 Å². The van der Waals surface area contributed by atoms with Crippen LogP contribution in [0.4, 0.5) is 0 Å². The Kier molecular flexibility index (Phi) is 14.3. The predicted molar refractivity (Wildman–Crippen MR) is 127 cm³/mol. The Morgan fingerprint density at radius 2 is 1.26 bits per heavy atom. The quantitative estimate of drug-likeness (QED) is 0.179. The lowest BCUT2D eigenvalue weighted by atomic mass is 9.93. The Hall–Kier alpha value is -0.950. The number of benzene rings is 1. The molecule has 0 N–H and O–H groups in total. The lowest BCUT2D eigenvalue weighted by Gasteiger charge is -2.39. The molecule has 0 aliphatic rings. The van der Waals surface area contributed by atoms with Crippen LogP contribution in [-0.4, -0.2) is 40.0 Å². The fourth-order valence-corrected chi connectivity index (χ4v) is 5.37. The fraction of sp³-hybridized carbons (Fsp3) is 0.760. The minimum atomic E-state index is -3.30. The normalized spacial score (nSPS) is 13.4. The van der Waals surface area contributed by atoms with E-state index < -0.39 is 15.8 Å². The molecule has 0 bridgehead atoms. The smallest absolute Gasteiger partial charge is 0.285 e. The minimum Gasteiger partial charge on any atom is -0.328 e. The highest BCUT2D eigenvalue weighted by atomic mass is 32.2. The van der Waals surface area contributed by atoms with E-state index in [0.29, 0.717) is 37.6 Å². The minimum absolute atomic E-state index is 0.00972. The average Bonchev–Trinajstić information content (AvgIpc) is 2.76. The molecule has 0 saturated carbocycles. The Morgan fingerprint density at radius 1 is 0.742 bits per heavy atom. The Bertz CT molecular complexity index is 643. The molecular weight excluding hydrogens is 412 g/mol. The van der Waals surface area contributed by atoms with Crippen molar-refractivity contribution in [2.45, 2.75) is 96.4 Å². The first-order chi connectivity index (χ1) is 15.0. The van der Waals surface area contributed by atoms with Crippen molar-refractivity contribution in [2.24, 2.45) is 5.92 Å². The van der Waals surface area contributed by atoms with E-state index in [-0.39, 0.29) is 11.7 Å². The van der Waals surface area contributed by atoms with E-state index in [1.54, 1.807) is 24.3 Å². The van der Waals surface area contributed by atoms with Gasteiger partial charge < -0.3 is 14.2 Å². The second-order valence-corrected chi connectivity index (χ2v) is 10.0. The monoisotopic (exact) mass is 456 g/mol. The summed E-state index contributed by atoms with van der Waals surface area (Å²) in [5.41, 5.74) is 0. The highest BCUT2D eigenvalue weighted by Gasteiger charge is 2.41. The SMILES string of the molecule is CCCCCCCCC(CCCS(=O)(=O)c1ccccc1)C(OCC)(OCC)OCC. The largest absolute Gasteiger partial charge is 0.328 e. The summed E-state index contributed by atoms with van der Waals surface area (Å²) in [7, 11) is -3.30. The molecule has 0 radical (unpaired) electrons. The highest BCUT2D eigenvalue weighted by molar-refractivity contribution is 7.91.